The average molecular weight is 729 g/mol. The number of fused-ring (bicyclic) bond motifs is 2. The van der Waals surface area contributed by atoms with Crippen molar-refractivity contribution in [2.75, 3.05) is 37.7 Å². The fourth-order valence-electron chi connectivity index (χ4n) is 6.70. The van der Waals surface area contributed by atoms with Crippen molar-refractivity contribution in [3.05, 3.63) is 51.0 Å². The molecule has 2 fully saturated rings. The van der Waals surface area contributed by atoms with E-state index in [0.717, 1.165) is 25.9 Å². The molecule has 2 atom stereocenters. The number of aromatic hydroxyl groups is 2. The van der Waals surface area contributed by atoms with E-state index in [9.17, 15) is 39.6 Å². The minimum Gasteiger partial charge on any atom is -0.504 e. The molecular weight excluding hydrogens is 691 g/mol. The first-order valence-electron chi connectivity index (χ1n) is 16.1. The van der Waals surface area contributed by atoms with Crippen molar-refractivity contribution in [2.45, 2.75) is 57.1 Å². The SMILES string of the molecule is CC(C)(O/N=C(\CC[C@@H]1C(=O)N2C(C(=O)O)=C(C[N+]3(CCn4ncc5cc(O)c(O)cc5c4=O)CCCC3)CS[C@H]12)c1csc(N)n1)C(=O)O. The quantitative estimate of drug-likeness (QED) is 0.0560. The van der Waals surface area contributed by atoms with E-state index in [1.807, 2.05) is 0 Å². The molecule has 5 heterocycles. The fourth-order valence-corrected chi connectivity index (χ4v) is 8.72. The number of quaternary nitrogens is 1. The van der Waals surface area contributed by atoms with Gasteiger partial charge in [0.2, 0.25) is 11.5 Å². The number of likely N-dealkylation sites (tertiary alicyclic amines) is 1. The Kier molecular flexibility index (Phi) is 9.53. The van der Waals surface area contributed by atoms with Gasteiger partial charge in [-0.15, -0.1) is 23.1 Å². The number of carboxylic acids is 2. The van der Waals surface area contributed by atoms with Crippen LogP contribution in [0.4, 0.5) is 5.13 Å². The van der Waals surface area contributed by atoms with Crippen molar-refractivity contribution in [2.24, 2.45) is 11.1 Å². The van der Waals surface area contributed by atoms with Crippen molar-refractivity contribution in [1.29, 1.82) is 0 Å². The molecule has 2 saturated heterocycles. The second kappa shape index (κ2) is 13.6. The highest BCUT2D eigenvalue weighted by Gasteiger charge is 2.54. The number of hydrogen-bond acceptors (Lipinski definition) is 13. The second-order valence-electron chi connectivity index (χ2n) is 13.3. The van der Waals surface area contributed by atoms with Gasteiger partial charge in [-0.25, -0.2) is 19.3 Å². The van der Waals surface area contributed by atoms with Gasteiger partial charge in [0, 0.05) is 34.9 Å². The molecule has 0 unspecified atom stereocenters. The monoisotopic (exact) mass is 728 g/mol. The van der Waals surface area contributed by atoms with Crippen molar-refractivity contribution >= 4 is 62.6 Å². The van der Waals surface area contributed by atoms with Gasteiger partial charge >= 0.3 is 11.9 Å². The number of amides is 1. The molecule has 0 spiro atoms. The lowest BCUT2D eigenvalue weighted by Crippen LogP contribution is -2.62. The first-order valence-corrected chi connectivity index (χ1v) is 18.0. The number of carboxylic acid groups (broad SMARTS) is 2. The molecule has 0 saturated carbocycles. The number of thioether (sulfide) groups is 1. The molecule has 1 amide bonds. The summed E-state index contributed by atoms with van der Waals surface area (Å²) in [5.41, 5.74) is 5.23. The van der Waals surface area contributed by atoms with E-state index < -0.39 is 40.1 Å². The second-order valence-corrected chi connectivity index (χ2v) is 15.3. The Bertz CT molecular complexity index is 1980. The summed E-state index contributed by atoms with van der Waals surface area (Å²) in [6, 6.07) is 2.51. The van der Waals surface area contributed by atoms with Crippen LogP contribution in [0.5, 0.6) is 11.5 Å². The van der Waals surface area contributed by atoms with Crippen LogP contribution in [0.3, 0.4) is 0 Å². The number of thiazole rings is 1. The third-order valence-electron chi connectivity index (χ3n) is 9.54. The van der Waals surface area contributed by atoms with Gasteiger partial charge in [0.05, 0.1) is 49.1 Å². The molecule has 50 heavy (non-hydrogen) atoms. The molecule has 3 aromatic rings. The normalized spacial score (nSPS) is 20.6. The van der Waals surface area contributed by atoms with Gasteiger partial charge < -0.3 is 35.5 Å². The van der Waals surface area contributed by atoms with Gasteiger partial charge in [-0.3, -0.25) is 14.5 Å². The third-order valence-corrected chi connectivity index (χ3v) is 11.6. The molecule has 16 nitrogen and oxygen atoms in total. The molecule has 0 aliphatic carbocycles. The number of carbonyl (C=O) groups excluding carboxylic acids is 1. The first kappa shape index (κ1) is 35.2. The van der Waals surface area contributed by atoms with E-state index in [0.29, 0.717) is 57.2 Å². The number of nitrogens with zero attached hydrogens (tertiary/aromatic N) is 6. The summed E-state index contributed by atoms with van der Waals surface area (Å²) >= 11 is 2.70. The van der Waals surface area contributed by atoms with Gasteiger partial charge in [-0.05, 0) is 38.8 Å². The topological polar surface area (TPSA) is 231 Å². The number of nitrogens with two attached hydrogens (primary N) is 1. The highest BCUT2D eigenvalue weighted by Crippen LogP contribution is 2.46. The summed E-state index contributed by atoms with van der Waals surface area (Å²) < 4.78 is 1.86. The molecule has 6 N–H and O–H groups in total. The Morgan fingerprint density at radius 1 is 1.16 bits per heavy atom. The summed E-state index contributed by atoms with van der Waals surface area (Å²) in [4.78, 5) is 62.0. The molecule has 266 valence electrons. The number of phenolic OH excluding ortho intramolecular Hbond substituents is 2. The summed E-state index contributed by atoms with van der Waals surface area (Å²) in [5, 5.41) is 50.1. The van der Waals surface area contributed by atoms with Crippen LogP contribution in [0, 0.1) is 5.92 Å². The van der Waals surface area contributed by atoms with Gasteiger partial charge in [-0.2, -0.15) is 5.10 Å². The summed E-state index contributed by atoms with van der Waals surface area (Å²) in [5.74, 6) is -3.50. The van der Waals surface area contributed by atoms with Crippen molar-refractivity contribution in [1.82, 2.24) is 19.7 Å². The van der Waals surface area contributed by atoms with Gasteiger partial charge in [0.15, 0.2) is 16.6 Å². The summed E-state index contributed by atoms with van der Waals surface area (Å²) in [7, 11) is 0. The zero-order valence-electron chi connectivity index (χ0n) is 27.4. The van der Waals surface area contributed by atoms with Crippen LogP contribution in [0.25, 0.3) is 10.8 Å². The minimum absolute atomic E-state index is 0.00314. The highest BCUT2D eigenvalue weighted by atomic mass is 32.2. The van der Waals surface area contributed by atoms with E-state index in [2.05, 4.69) is 15.2 Å². The summed E-state index contributed by atoms with van der Waals surface area (Å²) in [6.45, 7) is 5.46. The Hall–Kier alpha value is -4.68. The molecule has 18 heteroatoms. The molecule has 2 aromatic heterocycles. The highest BCUT2D eigenvalue weighted by molar-refractivity contribution is 8.00. The number of oxime groups is 1. The minimum atomic E-state index is -1.60. The number of aromatic nitrogens is 3. The Balaban J connectivity index is 1.18. The number of β-lactam (4-membered cyclic amide) rings is 1. The average Bonchev–Trinajstić information content (AvgIpc) is 3.72. The standard InChI is InChI=1S/C32H37N7O9S2/c1-32(2,30(46)47)48-36-21(22-16-50-31(33)35-22)6-5-19-27(43)38-25(29(44)45)18(15-49-28(19)38)14-39(8-3-4-9-39)10-7-37-26(42)20-12-24(41)23(40)11-17(20)13-34-37/h11-13,16,19,28H,3-10,14-15H2,1-2H3,(H5-,33,34,35,40,41,42,44,45,46,47)/p+1/b36-21+/t19-,28-/m1/s1. The maximum absolute atomic E-state index is 13.6. The maximum atomic E-state index is 13.6. The van der Waals surface area contributed by atoms with Crippen molar-refractivity contribution in [3.63, 3.8) is 0 Å². The van der Waals surface area contributed by atoms with Crippen LogP contribution in [0.2, 0.25) is 0 Å². The lowest BCUT2D eigenvalue weighted by Gasteiger charge is -2.50. The van der Waals surface area contributed by atoms with E-state index in [-0.39, 0.29) is 35.7 Å². The number of benzene rings is 1. The zero-order chi connectivity index (χ0) is 36.0. The van der Waals surface area contributed by atoms with Crippen LogP contribution in [0.1, 0.15) is 45.2 Å². The lowest BCUT2D eigenvalue weighted by molar-refractivity contribution is -0.913. The van der Waals surface area contributed by atoms with Gasteiger partial charge in [0.25, 0.3) is 5.56 Å². The van der Waals surface area contributed by atoms with E-state index in [4.69, 9.17) is 10.6 Å². The Labute approximate surface area is 294 Å². The molecular formula is C32H38N7O9S2+. The predicted octanol–water partition coefficient (Wildman–Crippen LogP) is 2.39. The van der Waals surface area contributed by atoms with Crippen LogP contribution in [0.15, 0.2) is 44.9 Å². The van der Waals surface area contributed by atoms with Crippen LogP contribution >= 0.6 is 23.1 Å². The van der Waals surface area contributed by atoms with Crippen molar-refractivity contribution in [3.8, 4) is 11.5 Å². The van der Waals surface area contributed by atoms with Crippen LogP contribution in [-0.4, -0.2) is 111 Å². The molecule has 6 rings (SSSR count). The van der Waals surface area contributed by atoms with Crippen molar-refractivity contribution < 1.29 is 44.1 Å². The molecule has 0 radical (unpaired) electrons. The molecule has 3 aliphatic rings. The smallest absolute Gasteiger partial charge is 0.352 e. The maximum Gasteiger partial charge on any atom is 0.352 e. The number of nitrogen functional groups attached to an aromatic ring is 1. The number of anilines is 1. The molecule has 3 aliphatic heterocycles. The Morgan fingerprint density at radius 3 is 2.54 bits per heavy atom. The first-order chi connectivity index (χ1) is 23.7. The van der Waals surface area contributed by atoms with Gasteiger partial charge in [-0.1, -0.05) is 5.16 Å². The number of aliphatic carboxylic acids is 2. The van der Waals surface area contributed by atoms with E-state index >= 15 is 0 Å². The number of phenols is 2. The number of rotatable bonds is 13. The third kappa shape index (κ3) is 6.74. The van der Waals surface area contributed by atoms with Crippen LogP contribution < -0.4 is 11.3 Å². The molecule has 0 bridgehead atoms. The fraction of sp³-hybridized carbons (Fsp3) is 0.469. The summed E-state index contributed by atoms with van der Waals surface area (Å²) in [6.07, 6.45) is 3.87. The number of hydrogen-bond donors (Lipinski definition) is 5. The largest absolute Gasteiger partial charge is 0.504 e. The van der Waals surface area contributed by atoms with Gasteiger partial charge in [0.1, 0.15) is 23.6 Å². The predicted molar refractivity (Wildman–Crippen MR) is 185 cm³/mol. The lowest BCUT2D eigenvalue weighted by atomic mass is 9.89. The molecule has 1 aromatic carbocycles. The van der Waals surface area contributed by atoms with E-state index in [1.165, 1.54) is 64.9 Å². The number of carbonyl (C=O) groups is 3. The Morgan fingerprint density at radius 2 is 1.88 bits per heavy atom. The van der Waals surface area contributed by atoms with E-state index in [1.54, 1.807) is 5.38 Å². The zero-order valence-corrected chi connectivity index (χ0v) is 29.1. The van der Waals surface area contributed by atoms with Crippen LogP contribution in [-0.2, 0) is 25.8 Å².